The highest BCUT2D eigenvalue weighted by Crippen LogP contribution is 2.30. The van der Waals surface area contributed by atoms with Gasteiger partial charge in [-0.05, 0) is 50.8 Å². The molecular weight excluding hydrogens is 262 g/mol. The van der Waals surface area contributed by atoms with Crippen molar-refractivity contribution in [1.82, 2.24) is 5.32 Å². The highest BCUT2D eigenvalue weighted by molar-refractivity contribution is 5.85. The molecule has 0 fully saturated rings. The van der Waals surface area contributed by atoms with Crippen LogP contribution in [0.1, 0.15) is 45.6 Å². The van der Waals surface area contributed by atoms with Crippen LogP contribution >= 0.6 is 0 Å². The van der Waals surface area contributed by atoms with Crippen LogP contribution in [0.2, 0.25) is 0 Å². The summed E-state index contributed by atoms with van der Waals surface area (Å²) in [6, 6.07) is 6.09. The van der Waals surface area contributed by atoms with Gasteiger partial charge in [-0.25, -0.2) is 0 Å². The number of fused-ring (bicyclic) bond motifs is 1. The molecule has 2 rings (SSSR count). The molecule has 0 saturated heterocycles. The SMILES string of the molecule is CCCC(C)NC(=O)C(C)N1CCCc2ccc(N)cc21. The average molecular weight is 289 g/mol. The predicted octanol–water partition coefficient (Wildman–Crippen LogP) is 2.71. The number of nitrogen functional groups attached to an aromatic ring is 1. The summed E-state index contributed by atoms with van der Waals surface area (Å²) < 4.78 is 0. The van der Waals surface area contributed by atoms with Gasteiger partial charge in [0.25, 0.3) is 0 Å². The summed E-state index contributed by atoms with van der Waals surface area (Å²) >= 11 is 0. The van der Waals surface area contributed by atoms with Crippen molar-refractivity contribution in [2.24, 2.45) is 0 Å². The molecule has 4 nitrogen and oxygen atoms in total. The van der Waals surface area contributed by atoms with E-state index >= 15 is 0 Å². The molecule has 0 aromatic heterocycles. The second-order valence-corrected chi connectivity index (χ2v) is 6.06. The first-order valence-corrected chi connectivity index (χ1v) is 7.98. The number of nitrogens with two attached hydrogens (primary N) is 1. The van der Waals surface area contributed by atoms with Gasteiger partial charge in [0, 0.05) is 24.0 Å². The van der Waals surface area contributed by atoms with Gasteiger partial charge in [0.1, 0.15) is 6.04 Å². The molecule has 0 bridgehead atoms. The number of hydrogen-bond donors (Lipinski definition) is 2. The second kappa shape index (κ2) is 6.83. The van der Waals surface area contributed by atoms with Crippen LogP contribution in [0.5, 0.6) is 0 Å². The zero-order valence-electron chi connectivity index (χ0n) is 13.4. The molecule has 3 N–H and O–H groups in total. The molecule has 4 heteroatoms. The minimum atomic E-state index is -0.162. The number of hydrogen-bond acceptors (Lipinski definition) is 3. The van der Waals surface area contributed by atoms with E-state index in [2.05, 4.69) is 30.1 Å². The average Bonchev–Trinajstić information content (AvgIpc) is 2.46. The fourth-order valence-corrected chi connectivity index (χ4v) is 3.03. The van der Waals surface area contributed by atoms with E-state index in [1.54, 1.807) is 0 Å². The number of carbonyl (C=O) groups is 1. The summed E-state index contributed by atoms with van der Waals surface area (Å²) in [6.07, 6.45) is 4.24. The van der Waals surface area contributed by atoms with Gasteiger partial charge in [-0.3, -0.25) is 4.79 Å². The first kappa shape index (κ1) is 15.7. The minimum Gasteiger partial charge on any atom is -0.399 e. The molecule has 116 valence electrons. The molecule has 1 aliphatic heterocycles. The minimum absolute atomic E-state index is 0.103. The van der Waals surface area contributed by atoms with Crippen molar-refractivity contribution in [2.75, 3.05) is 17.2 Å². The third-order valence-electron chi connectivity index (χ3n) is 4.22. The summed E-state index contributed by atoms with van der Waals surface area (Å²) in [6.45, 7) is 7.09. The Bertz CT molecular complexity index is 501. The highest BCUT2D eigenvalue weighted by atomic mass is 16.2. The Morgan fingerprint density at radius 2 is 2.19 bits per heavy atom. The molecular formula is C17H27N3O. The number of amides is 1. The second-order valence-electron chi connectivity index (χ2n) is 6.06. The molecule has 21 heavy (non-hydrogen) atoms. The number of nitrogens with zero attached hydrogens (tertiary/aromatic N) is 1. The molecule has 1 aromatic rings. The first-order chi connectivity index (χ1) is 10.0. The molecule has 0 aliphatic carbocycles. The van der Waals surface area contributed by atoms with Gasteiger partial charge in [0.2, 0.25) is 5.91 Å². The van der Waals surface area contributed by atoms with Crippen LogP contribution in [-0.4, -0.2) is 24.5 Å². The first-order valence-electron chi connectivity index (χ1n) is 7.98. The number of nitrogens with one attached hydrogen (secondary N) is 1. The van der Waals surface area contributed by atoms with Crippen LogP contribution < -0.4 is 16.0 Å². The summed E-state index contributed by atoms with van der Waals surface area (Å²) in [5, 5.41) is 3.11. The Morgan fingerprint density at radius 1 is 1.43 bits per heavy atom. The van der Waals surface area contributed by atoms with Crippen LogP contribution in [0.25, 0.3) is 0 Å². The summed E-state index contributed by atoms with van der Waals surface area (Å²) in [7, 11) is 0. The van der Waals surface area contributed by atoms with Gasteiger partial charge in [-0.1, -0.05) is 19.4 Å². The molecule has 0 radical (unpaired) electrons. The van der Waals surface area contributed by atoms with Crippen molar-refractivity contribution >= 4 is 17.3 Å². The summed E-state index contributed by atoms with van der Waals surface area (Å²) in [5.74, 6) is 0.103. The van der Waals surface area contributed by atoms with Crippen LogP contribution in [0.15, 0.2) is 18.2 Å². The normalized spacial score (nSPS) is 17.0. The quantitative estimate of drug-likeness (QED) is 0.819. The molecule has 1 aromatic carbocycles. The van der Waals surface area contributed by atoms with E-state index in [0.717, 1.165) is 43.6 Å². The van der Waals surface area contributed by atoms with Crippen molar-refractivity contribution in [3.05, 3.63) is 23.8 Å². The van der Waals surface area contributed by atoms with Crippen molar-refractivity contribution in [1.29, 1.82) is 0 Å². The summed E-state index contributed by atoms with van der Waals surface area (Å²) in [4.78, 5) is 14.6. The van der Waals surface area contributed by atoms with Gasteiger partial charge in [0.05, 0.1) is 0 Å². The lowest BCUT2D eigenvalue weighted by Gasteiger charge is -2.36. The number of rotatable bonds is 5. The van der Waals surface area contributed by atoms with Crippen molar-refractivity contribution in [2.45, 2.75) is 58.5 Å². The van der Waals surface area contributed by atoms with Crippen LogP contribution in [-0.2, 0) is 11.2 Å². The maximum Gasteiger partial charge on any atom is 0.242 e. The lowest BCUT2D eigenvalue weighted by atomic mass is 9.99. The summed E-state index contributed by atoms with van der Waals surface area (Å²) in [5.41, 5.74) is 9.08. The predicted molar refractivity (Wildman–Crippen MR) is 88.5 cm³/mol. The number of aryl methyl sites for hydroxylation is 1. The molecule has 1 amide bonds. The molecule has 2 atom stereocenters. The number of anilines is 2. The molecule has 0 spiro atoms. The van der Waals surface area contributed by atoms with Crippen molar-refractivity contribution < 1.29 is 4.79 Å². The van der Waals surface area contributed by atoms with Gasteiger partial charge in [-0.15, -0.1) is 0 Å². The number of benzene rings is 1. The Balaban J connectivity index is 2.12. The van der Waals surface area contributed by atoms with E-state index in [1.165, 1.54) is 5.56 Å². The van der Waals surface area contributed by atoms with Gasteiger partial charge < -0.3 is 16.0 Å². The van der Waals surface area contributed by atoms with E-state index in [4.69, 9.17) is 5.73 Å². The third-order valence-corrected chi connectivity index (χ3v) is 4.22. The Morgan fingerprint density at radius 3 is 2.90 bits per heavy atom. The highest BCUT2D eigenvalue weighted by Gasteiger charge is 2.26. The van der Waals surface area contributed by atoms with Crippen LogP contribution in [0.4, 0.5) is 11.4 Å². The van der Waals surface area contributed by atoms with Crippen molar-refractivity contribution in [3.8, 4) is 0 Å². The lowest BCUT2D eigenvalue weighted by molar-refractivity contribution is -0.122. The topological polar surface area (TPSA) is 58.4 Å². The van der Waals surface area contributed by atoms with E-state index in [1.807, 2.05) is 19.1 Å². The zero-order chi connectivity index (χ0) is 15.4. The van der Waals surface area contributed by atoms with Gasteiger partial charge in [0.15, 0.2) is 0 Å². The zero-order valence-corrected chi connectivity index (χ0v) is 13.4. The van der Waals surface area contributed by atoms with Gasteiger partial charge in [-0.2, -0.15) is 0 Å². The largest absolute Gasteiger partial charge is 0.399 e. The van der Waals surface area contributed by atoms with E-state index in [9.17, 15) is 4.79 Å². The molecule has 2 unspecified atom stereocenters. The fraction of sp³-hybridized carbons (Fsp3) is 0.588. The third kappa shape index (κ3) is 3.69. The molecule has 1 heterocycles. The monoisotopic (exact) mass is 289 g/mol. The van der Waals surface area contributed by atoms with Crippen LogP contribution in [0, 0.1) is 0 Å². The number of carbonyl (C=O) groups excluding carboxylic acids is 1. The molecule has 1 aliphatic rings. The Hall–Kier alpha value is -1.71. The Kier molecular flexibility index (Phi) is 5.10. The molecule has 0 saturated carbocycles. The lowest BCUT2D eigenvalue weighted by Crippen LogP contribution is -2.49. The smallest absolute Gasteiger partial charge is 0.242 e. The van der Waals surface area contributed by atoms with E-state index < -0.39 is 0 Å². The van der Waals surface area contributed by atoms with Gasteiger partial charge >= 0.3 is 0 Å². The maximum absolute atomic E-state index is 12.4. The Labute approximate surface area is 127 Å². The van der Waals surface area contributed by atoms with Crippen molar-refractivity contribution in [3.63, 3.8) is 0 Å². The van der Waals surface area contributed by atoms with E-state index in [0.29, 0.717) is 0 Å². The fourth-order valence-electron chi connectivity index (χ4n) is 3.03. The maximum atomic E-state index is 12.4. The van der Waals surface area contributed by atoms with E-state index in [-0.39, 0.29) is 18.0 Å². The van der Waals surface area contributed by atoms with Crippen LogP contribution in [0.3, 0.4) is 0 Å². The standard InChI is InChI=1S/C17H27N3O/c1-4-6-12(2)19-17(21)13(3)20-10-5-7-14-8-9-15(18)11-16(14)20/h8-9,11-13H,4-7,10,18H2,1-3H3,(H,19,21).